The number of carbonyl (C=O) groups is 1. The van der Waals surface area contributed by atoms with E-state index in [1.807, 2.05) is 32.0 Å². The molecule has 178 valence electrons. The highest BCUT2D eigenvalue weighted by molar-refractivity contribution is 7.89. The Hall–Kier alpha value is -2.42. The van der Waals surface area contributed by atoms with Crippen LogP contribution < -0.4 is 10.2 Å². The predicted molar refractivity (Wildman–Crippen MR) is 132 cm³/mol. The van der Waals surface area contributed by atoms with Gasteiger partial charge < -0.3 is 10.2 Å². The summed E-state index contributed by atoms with van der Waals surface area (Å²) < 4.78 is 26.7. The molecule has 0 spiro atoms. The number of sulfonamides is 1. The van der Waals surface area contributed by atoms with Gasteiger partial charge in [0.15, 0.2) is 0 Å². The Morgan fingerprint density at radius 2 is 1.67 bits per heavy atom. The number of nitrogens with one attached hydrogen (secondary N) is 1. The Morgan fingerprint density at radius 1 is 1.00 bits per heavy atom. The minimum atomic E-state index is -3.54. The van der Waals surface area contributed by atoms with Crippen molar-refractivity contribution in [3.63, 3.8) is 0 Å². The van der Waals surface area contributed by atoms with Gasteiger partial charge in [0.1, 0.15) is 0 Å². The number of anilines is 2. The van der Waals surface area contributed by atoms with Gasteiger partial charge in [-0.1, -0.05) is 19.9 Å². The largest absolute Gasteiger partial charge is 0.369 e. The molecule has 2 fully saturated rings. The van der Waals surface area contributed by atoms with Crippen LogP contribution in [-0.4, -0.2) is 69.3 Å². The number of hydrogen-bond acceptors (Lipinski definition) is 5. The Morgan fingerprint density at radius 3 is 2.27 bits per heavy atom. The quantitative estimate of drug-likeness (QED) is 0.607. The van der Waals surface area contributed by atoms with E-state index in [9.17, 15) is 13.2 Å². The number of piperazine rings is 1. The zero-order valence-corrected chi connectivity index (χ0v) is 20.4. The van der Waals surface area contributed by atoms with E-state index in [1.54, 1.807) is 12.1 Å². The molecule has 33 heavy (non-hydrogen) atoms. The lowest BCUT2D eigenvalue weighted by Crippen LogP contribution is -2.47. The molecule has 2 aliphatic rings. The summed E-state index contributed by atoms with van der Waals surface area (Å²) in [5, 5.41) is 2.95. The normalized spacial score (nSPS) is 17.4. The van der Waals surface area contributed by atoms with Crippen molar-refractivity contribution >= 4 is 27.3 Å². The predicted octanol–water partition coefficient (Wildman–Crippen LogP) is 3.50. The van der Waals surface area contributed by atoms with Crippen LogP contribution in [-0.2, 0) is 10.0 Å². The van der Waals surface area contributed by atoms with Gasteiger partial charge in [-0.15, -0.1) is 0 Å². The molecule has 1 aliphatic carbocycles. The number of carbonyl (C=O) groups excluding carboxylic acids is 1. The molecule has 1 heterocycles. The van der Waals surface area contributed by atoms with Crippen molar-refractivity contribution < 1.29 is 13.2 Å². The van der Waals surface area contributed by atoms with Gasteiger partial charge in [0.25, 0.3) is 5.91 Å². The van der Waals surface area contributed by atoms with Crippen LogP contribution in [0.1, 0.15) is 37.0 Å². The summed E-state index contributed by atoms with van der Waals surface area (Å²) in [5.74, 6) is 0.662. The third kappa shape index (κ3) is 5.75. The molecule has 1 saturated heterocycles. The molecule has 2 aromatic rings. The molecule has 1 aliphatic heterocycles. The number of benzene rings is 2. The van der Waals surface area contributed by atoms with Crippen LogP contribution in [0, 0.1) is 5.92 Å². The number of rotatable bonds is 9. The minimum absolute atomic E-state index is 0.200. The summed E-state index contributed by atoms with van der Waals surface area (Å²) in [5.41, 5.74) is 2.27. The van der Waals surface area contributed by atoms with E-state index in [-0.39, 0.29) is 10.8 Å². The molecular formula is C25H34N4O3S. The van der Waals surface area contributed by atoms with Crippen molar-refractivity contribution in [3.05, 3.63) is 54.1 Å². The van der Waals surface area contributed by atoms with Gasteiger partial charge in [-0.05, 0) is 61.2 Å². The fourth-order valence-electron chi connectivity index (χ4n) is 4.33. The van der Waals surface area contributed by atoms with E-state index in [2.05, 4.69) is 21.2 Å². The van der Waals surface area contributed by atoms with Gasteiger partial charge in [-0.25, -0.2) is 8.42 Å². The average molecular weight is 471 g/mol. The number of nitrogens with zero attached hydrogens (tertiary/aromatic N) is 3. The second-order valence-electron chi connectivity index (χ2n) is 8.85. The highest BCUT2D eigenvalue weighted by Gasteiger charge is 2.26. The average Bonchev–Trinajstić information content (AvgIpc) is 3.64. The molecule has 0 bridgehead atoms. The van der Waals surface area contributed by atoms with E-state index < -0.39 is 10.0 Å². The summed E-state index contributed by atoms with van der Waals surface area (Å²) in [6.07, 6.45) is 2.77. The Balaban J connectivity index is 1.37. The van der Waals surface area contributed by atoms with Crippen LogP contribution in [0.5, 0.6) is 0 Å². The molecule has 1 amide bonds. The van der Waals surface area contributed by atoms with Crippen molar-refractivity contribution in [2.24, 2.45) is 5.92 Å². The Bertz CT molecular complexity index is 1060. The monoisotopic (exact) mass is 470 g/mol. The second kappa shape index (κ2) is 10.2. The van der Waals surface area contributed by atoms with E-state index >= 15 is 0 Å². The smallest absolute Gasteiger partial charge is 0.255 e. The molecule has 8 heteroatoms. The van der Waals surface area contributed by atoms with Gasteiger partial charge >= 0.3 is 0 Å². The van der Waals surface area contributed by atoms with Crippen LogP contribution in [0.2, 0.25) is 0 Å². The van der Waals surface area contributed by atoms with Crippen molar-refractivity contribution in [3.8, 4) is 0 Å². The van der Waals surface area contributed by atoms with Crippen molar-refractivity contribution in [1.82, 2.24) is 9.21 Å². The number of hydrogen-bond donors (Lipinski definition) is 1. The molecule has 0 aromatic heterocycles. The molecule has 0 atom stereocenters. The second-order valence-corrected chi connectivity index (χ2v) is 10.8. The maximum Gasteiger partial charge on any atom is 0.255 e. The van der Waals surface area contributed by atoms with Crippen LogP contribution in [0.25, 0.3) is 0 Å². The van der Waals surface area contributed by atoms with E-state index in [1.165, 1.54) is 35.8 Å². The van der Waals surface area contributed by atoms with Crippen LogP contribution in [0.3, 0.4) is 0 Å². The molecule has 0 radical (unpaired) electrons. The first-order valence-corrected chi connectivity index (χ1v) is 13.3. The highest BCUT2D eigenvalue weighted by Crippen LogP contribution is 2.30. The van der Waals surface area contributed by atoms with Gasteiger partial charge in [-0.2, -0.15) is 4.31 Å². The first-order valence-electron chi connectivity index (χ1n) is 11.9. The topological polar surface area (TPSA) is 73.0 Å². The molecule has 0 unspecified atom stereocenters. The maximum atomic E-state index is 12.8. The Kier molecular flexibility index (Phi) is 7.36. The summed E-state index contributed by atoms with van der Waals surface area (Å²) in [6.45, 7) is 9.82. The molecule has 1 N–H and O–H groups in total. The first kappa shape index (κ1) is 23.7. The van der Waals surface area contributed by atoms with Gasteiger partial charge in [-0.3, -0.25) is 9.69 Å². The van der Waals surface area contributed by atoms with E-state index in [0.29, 0.717) is 18.7 Å². The van der Waals surface area contributed by atoms with Gasteiger partial charge in [0.05, 0.1) is 4.90 Å². The van der Waals surface area contributed by atoms with Crippen LogP contribution >= 0.6 is 0 Å². The van der Waals surface area contributed by atoms with E-state index in [0.717, 1.165) is 43.5 Å². The lowest BCUT2D eigenvalue weighted by atomic mass is 10.2. The zero-order valence-electron chi connectivity index (χ0n) is 19.5. The lowest BCUT2D eigenvalue weighted by Gasteiger charge is -2.36. The van der Waals surface area contributed by atoms with Crippen LogP contribution in [0.4, 0.5) is 11.4 Å². The first-order chi connectivity index (χ1) is 15.9. The Labute approximate surface area is 197 Å². The SMILES string of the molecule is CCN(CC)S(=O)(=O)c1ccc(C(=O)Nc2cccc(N3CCN(CC4CC4)CC3)c2)cc1. The zero-order chi connectivity index (χ0) is 23.4. The van der Waals surface area contributed by atoms with Gasteiger partial charge in [0.2, 0.25) is 10.0 Å². The third-order valence-electron chi connectivity index (χ3n) is 6.51. The molecular weight excluding hydrogens is 436 g/mol. The maximum absolute atomic E-state index is 12.8. The fraction of sp³-hybridized carbons (Fsp3) is 0.480. The standard InChI is InChI=1S/C25H34N4O3S/c1-3-29(4-2)33(31,32)24-12-10-21(11-13-24)25(30)26-22-6-5-7-23(18-22)28-16-14-27(15-17-28)19-20-8-9-20/h5-7,10-13,18,20H,3-4,8-9,14-17,19H2,1-2H3,(H,26,30). The summed E-state index contributed by atoms with van der Waals surface area (Å²) in [7, 11) is -3.54. The lowest BCUT2D eigenvalue weighted by molar-refractivity contribution is 0.102. The molecule has 4 rings (SSSR count). The molecule has 1 saturated carbocycles. The van der Waals surface area contributed by atoms with Crippen LogP contribution in [0.15, 0.2) is 53.4 Å². The van der Waals surface area contributed by atoms with Gasteiger partial charge in [0, 0.05) is 62.8 Å². The van der Waals surface area contributed by atoms with Crippen molar-refractivity contribution in [2.75, 3.05) is 56.0 Å². The third-order valence-corrected chi connectivity index (χ3v) is 8.58. The van der Waals surface area contributed by atoms with E-state index in [4.69, 9.17) is 0 Å². The van der Waals surface area contributed by atoms with Crippen molar-refractivity contribution in [1.29, 1.82) is 0 Å². The summed E-state index contributed by atoms with van der Waals surface area (Å²) in [6, 6.07) is 14.1. The fourth-order valence-corrected chi connectivity index (χ4v) is 5.79. The molecule has 2 aromatic carbocycles. The number of amides is 1. The summed E-state index contributed by atoms with van der Waals surface area (Å²) >= 11 is 0. The minimum Gasteiger partial charge on any atom is -0.369 e. The molecule has 7 nitrogen and oxygen atoms in total. The van der Waals surface area contributed by atoms with Crippen molar-refractivity contribution in [2.45, 2.75) is 31.6 Å². The highest BCUT2D eigenvalue weighted by atomic mass is 32.2. The summed E-state index contributed by atoms with van der Waals surface area (Å²) in [4.78, 5) is 17.9.